The zero-order chi connectivity index (χ0) is 16.9. The van der Waals surface area contributed by atoms with Gasteiger partial charge in [0.25, 0.3) is 0 Å². The molecule has 1 amide bonds. The van der Waals surface area contributed by atoms with Crippen LogP contribution in [0.25, 0.3) is 10.9 Å². The Morgan fingerprint density at radius 3 is 3.04 bits per heavy atom. The van der Waals surface area contributed by atoms with Crippen molar-refractivity contribution in [3.05, 3.63) is 48.2 Å². The van der Waals surface area contributed by atoms with Crippen LogP contribution in [0, 0.1) is 0 Å². The zero-order valence-electron chi connectivity index (χ0n) is 14.1. The third-order valence-corrected chi connectivity index (χ3v) is 4.14. The van der Waals surface area contributed by atoms with Gasteiger partial charge in [-0.3, -0.25) is 4.79 Å². The topological polar surface area (TPSA) is 75.6 Å². The molecule has 6 nitrogen and oxygen atoms in total. The molecule has 1 atom stereocenters. The molecule has 2 aromatic heterocycles. The SMILES string of the molecule is CCCn1ncnc1C(C)NC(=O)CCc1c[nH]c2ccccc12. The van der Waals surface area contributed by atoms with Gasteiger partial charge in [0.15, 0.2) is 0 Å². The van der Waals surface area contributed by atoms with E-state index in [2.05, 4.69) is 33.4 Å². The van der Waals surface area contributed by atoms with Gasteiger partial charge >= 0.3 is 0 Å². The summed E-state index contributed by atoms with van der Waals surface area (Å²) in [6.07, 6.45) is 5.68. The van der Waals surface area contributed by atoms with E-state index in [-0.39, 0.29) is 11.9 Å². The molecular weight excluding hydrogens is 302 g/mol. The molecular formula is C18H23N5O. The van der Waals surface area contributed by atoms with Crippen molar-refractivity contribution in [3.8, 4) is 0 Å². The molecule has 2 heterocycles. The van der Waals surface area contributed by atoms with Gasteiger partial charge in [-0.25, -0.2) is 9.67 Å². The van der Waals surface area contributed by atoms with Crippen LogP contribution >= 0.6 is 0 Å². The predicted molar refractivity (Wildman–Crippen MR) is 93.5 cm³/mol. The average Bonchev–Trinajstić information content (AvgIpc) is 3.20. The van der Waals surface area contributed by atoms with Gasteiger partial charge in [-0.2, -0.15) is 5.10 Å². The maximum Gasteiger partial charge on any atom is 0.220 e. The van der Waals surface area contributed by atoms with E-state index in [9.17, 15) is 4.79 Å². The number of H-pyrrole nitrogens is 1. The molecule has 1 aromatic carbocycles. The molecule has 0 fully saturated rings. The Hall–Kier alpha value is -2.63. The summed E-state index contributed by atoms with van der Waals surface area (Å²) in [5.41, 5.74) is 2.27. The molecule has 0 saturated carbocycles. The smallest absolute Gasteiger partial charge is 0.220 e. The van der Waals surface area contributed by atoms with Crippen molar-refractivity contribution in [2.24, 2.45) is 0 Å². The van der Waals surface area contributed by atoms with E-state index in [1.807, 2.05) is 36.0 Å². The molecule has 0 bridgehead atoms. The summed E-state index contributed by atoms with van der Waals surface area (Å²) < 4.78 is 1.85. The van der Waals surface area contributed by atoms with Crippen LogP contribution < -0.4 is 5.32 Å². The molecule has 0 radical (unpaired) electrons. The number of aryl methyl sites for hydroxylation is 2. The van der Waals surface area contributed by atoms with Gasteiger partial charge in [0.05, 0.1) is 6.04 Å². The summed E-state index contributed by atoms with van der Waals surface area (Å²) in [6.45, 7) is 4.85. The maximum absolute atomic E-state index is 12.3. The molecule has 0 aliphatic carbocycles. The largest absolute Gasteiger partial charge is 0.361 e. The second kappa shape index (κ2) is 7.29. The number of nitrogens with one attached hydrogen (secondary N) is 2. The van der Waals surface area contributed by atoms with E-state index in [0.29, 0.717) is 12.8 Å². The van der Waals surface area contributed by atoms with Crippen molar-refractivity contribution >= 4 is 16.8 Å². The second-order valence-electron chi connectivity index (χ2n) is 5.99. The molecule has 1 unspecified atom stereocenters. The lowest BCUT2D eigenvalue weighted by Crippen LogP contribution is -2.29. The molecule has 24 heavy (non-hydrogen) atoms. The first-order valence-corrected chi connectivity index (χ1v) is 8.41. The van der Waals surface area contributed by atoms with E-state index >= 15 is 0 Å². The van der Waals surface area contributed by atoms with Crippen LogP contribution in [0.3, 0.4) is 0 Å². The Bertz CT molecular complexity index is 820. The van der Waals surface area contributed by atoms with Gasteiger partial charge < -0.3 is 10.3 Å². The van der Waals surface area contributed by atoms with Crippen molar-refractivity contribution in [1.82, 2.24) is 25.1 Å². The number of amides is 1. The highest BCUT2D eigenvalue weighted by molar-refractivity contribution is 5.84. The fraction of sp³-hybridized carbons (Fsp3) is 0.389. The quantitative estimate of drug-likeness (QED) is 0.701. The number of aromatic amines is 1. The van der Waals surface area contributed by atoms with Crippen LogP contribution in [0.4, 0.5) is 0 Å². The number of carbonyl (C=O) groups is 1. The zero-order valence-corrected chi connectivity index (χ0v) is 14.1. The molecule has 2 N–H and O–H groups in total. The van der Waals surface area contributed by atoms with Gasteiger partial charge in [0.1, 0.15) is 12.2 Å². The van der Waals surface area contributed by atoms with Gasteiger partial charge in [-0.1, -0.05) is 25.1 Å². The van der Waals surface area contributed by atoms with Crippen LogP contribution in [0.5, 0.6) is 0 Å². The lowest BCUT2D eigenvalue weighted by Gasteiger charge is -2.14. The minimum absolute atomic E-state index is 0.0267. The van der Waals surface area contributed by atoms with E-state index in [4.69, 9.17) is 0 Å². The van der Waals surface area contributed by atoms with Gasteiger partial charge in [0.2, 0.25) is 5.91 Å². The molecule has 126 valence electrons. The number of aromatic nitrogens is 4. The Morgan fingerprint density at radius 1 is 1.38 bits per heavy atom. The van der Waals surface area contributed by atoms with Gasteiger partial charge in [-0.05, 0) is 31.4 Å². The van der Waals surface area contributed by atoms with Gasteiger partial charge in [-0.15, -0.1) is 0 Å². The Labute approximate surface area is 141 Å². The summed E-state index contributed by atoms with van der Waals surface area (Å²) in [5.74, 6) is 0.830. The minimum Gasteiger partial charge on any atom is -0.361 e. The molecule has 0 aliphatic heterocycles. The monoisotopic (exact) mass is 325 g/mol. The van der Waals surface area contributed by atoms with Crippen molar-refractivity contribution in [2.75, 3.05) is 0 Å². The van der Waals surface area contributed by atoms with Crippen LogP contribution in [-0.2, 0) is 17.8 Å². The normalized spacial score (nSPS) is 12.4. The number of benzene rings is 1. The third-order valence-electron chi connectivity index (χ3n) is 4.14. The molecule has 0 spiro atoms. The fourth-order valence-electron chi connectivity index (χ4n) is 2.96. The van der Waals surface area contributed by atoms with E-state index in [1.165, 1.54) is 10.9 Å². The van der Waals surface area contributed by atoms with Crippen molar-refractivity contribution in [3.63, 3.8) is 0 Å². The first-order chi connectivity index (χ1) is 11.7. The first-order valence-electron chi connectivity index (χ1n) is 8.41. The molecule has 3 aromatic rings. The number of para-hydroxylation sites is 1. The van der Waals surface area contributed by atoms with Crippen molar-refractivity contribution in [2.45, 2.75) is 45.7 Å². The molecule has 6 heteroatoms. The highest BCUT2D eigenvalue weighted by Crippen LogP contribution is 2.19. The van der Waals surface area contributed by atoms with Crippen molar-refractivity contribution < 1.29 is 4.79 Å². The number of hydrogen-bond acceptors (Lipinski definition) is 3. The van der Waals surface area contributed by atoms with Gasteiger partial charge in [0, 0.05) is 30.1 Å². The number of fused-ring (bicyclic) bond motifs is 1. The molecule has 0 saturated heterocycles. The summed E-state index contributed by atoms with van der Waals surface area (Å²) in [5, 5.41) is 8.41. The highest BCUT2D eigenvalue weighted by atomic mass is 16.1. The van der Waals surface area contributed by atoms with E-state index in [1.54, 1.807) is 6.33 Å². The summed E-state index contributed by atoms with van der Waals surface area (Å²) in [4.78, 5) is 19.8. The number of carbonyl (C=O) groups excluding carboxylic acids is 1. The number of hydrogen-bond donors (Lipinski definition) is 2. The second-order valence-corrected chi connectivity index (χ2v) is 5.99. The van der Waals surface area contributed by atoms with E-state index in [0.717, 1.165) is 24.3 Å². The minimum atomic E-state index is -0.144. The third kappa shape index (κ3) is 3.48. The standard InChI is InChI=1S/C18H23N5O/c1-3-10-23-18(20-12-21-23)13(2)22-17(24)9-8-14-11-19-16-7-5-4-6-15(14)16/h4-7,11-13,19H,3,8-10H2,1-2H3,(H,22,24). The van der Waals surface area contributed by atoms with Crippen LogP contribution in [-0.4, -0.2) is 25.7 Å². The summed E-state index contributed by atoms with van der Waals surface area (Å²) >= 11 is 0. The highest BCUT2D eigenvalue weighted by Gasteiger charge is 2.15. The number of nitrogens with zero attached hydrogens (tertiary/aromatic N) is 3. The lowest BCUT2D eigenvalue weighted by molar-refractivity contribution is -0.121. The fourth-order valence-corrected chi connectivity index (χ4v) is 2.96. The van der Waals surface area contributed by atoms with Crippen LogP contribution in [0.2, 0.25) is 0 Å². The molecule has 3 rings (SSSR count). The predicted octanol–water partition coefficient (Wildman–Crippen LogP) is 2.98. The summed E-state index contributed by atoms with van der Waals surface area (Å²) in [7, 11) is 0. The molecule has 0 aliphatic rings. The Balaban J connectivity index is 1.58. The first kappa shape index (κ1) is 16.2. The lowest BCUT2D eigenvalue weighted by atomic mass is 10.1. The Morgan fingerprint density at radius 2 is 2.21 bits per heavy atom. The van der Waals surface area contributed by atoms with Crippen LogP contribution in [0.1, 0.15) is 44.1 Å². The van der Waals surface area contributed by atoms with E-state index < -0.39 is 0 Å². The average molecular weight is 325 g/mol. The Kier molecular flexibility index (Phi) is 4.93. The van der Waals surface area contributed by atoms with Crippen molar-refractivity contribution in [1.29, 1.82) is 0 Å². The maximum atomic E-state index is 12.3. The summed E-state index contributed by atoms with van der Waals surface area (Å²) in [6, 6.07) is 8.00. The number of rotatable bonds is 7. The van der Waals surface area contributed by atoms with Crippen LogP contribution in [0.15, 0.2) is 36.8 Å².